The van der Waals surface area contributed by atoms with Crippen molar-refractivity contribution in [3.05, 3.63) is 17.6 Å². The van der Waals surface area contributed by atoms with Crippen LogP contribution in [0.5, 0.6) is 0 Å². The number of amides is 1. The molecule has 0 spiro atoms. The summed E-state index contributed by atoms with van der Waals surface area (Å²) < 4.78 is 4.54. The third-order valence-corrected chi connectivity index (χ3v) is 3.28. The summed E-state index contributed by atoms with van der Waals surface area (Å²) >= 11 is 1.10. The van der Waals surface area contributed by atoms with Gasteiger partial charge in [0.2, 0.25) is 11.7 Å². The van der Waals surface area contributed by atoms with E-state index in [1.54, 1.807) is 13.0 Å². The summed E-state index contributed by atoms with van der Waals surface area (Å²) in [6, 6.07) is 0.577. The van der Waals surface area contributed by atoms with E-state index in [4.69, 9.17) is 5.11 Å². The van der Waals surface area contributed by atoms with E-state index in [1.807, 2.05) is 0 Å². The number of carboxylic acids is 1. The molecule has 1 heterocycles. The van der Waals surface area contributed by atoms with Crippen LogP contribution >= 0.6 is 11.8 Å². The van der Waals surface area contributed by atoms with Crippen molar-refractivity contribution in [1.29, 1.82) is 0 Å². The van der Waals surface area contributed by atoms with Crippen LogP contribution in [0.3, 0.4) is 0 Å². The van der Waals surface area contributed by atoms with Crippen molar-refractivity contribution in [2.75, 3.05) is 12.9 Å². The van der Waals surface area contributed by atoms with Gasteiger partial charge in [-0.05, 0) is 13.0 Å². The smallest absolute Gasteiger partial charge is 0.376 e. The maximum absolute atomic E-state index is 11.4. The lowest BCUT2D eigenvalue weighted by Gasteiger charge is -2.12. The van der Waals surface area contributed by atoms with Crippen molar-refractivity contribution in [3.63, 3.8) is 0 Å². The first kappa shape index (κ1) is 16.9. The number of methoxy groups -OCH3 is 1. The number of aryl methyl sites for hydroxylation is 1. The molecule has 0 unspecified atom stereocenters. The van der Waals surface area contributed by atoms with Crippen molar-refractivity contribution < 1.29 is 24.2 Å². The summed E-state index contributed by atoms with van der Waals surface area (Å²) in [6.07, 6.45) is 0. The average Bonchev–Trinajstić information content (AvgIpc) is 2.41. The number of aliphatic carboxylic acids is 1. The number of hydrogen-bond acceptors (Lipinski definition) is 7. The average molecular weight is 313 g/mol. The van der Waals surface area contributed by atoms with Crippen LogP contribution in [0.1, 0.15) is 23.2 Å². The SMILES string of the molecule is COC(=O)c1nc(C)cc(SC[C@H](NC(C)=O)C(=O)O)n1. The summed E-state index contributed by atoms with van der Waals surface area (Å²) in [4.78, 5) is 41.3. The molecule has 2 N–H and O–H groups in total. The van der Waals surface area contributed by atoms with Gasteiger partial charge in [0.15, 0.2) is 0 Å². The molecule has 0 radical (unpaired) electrons. The highest BCUT2D eigenvalue weighted by Crippen LogP contribution is 2.17. The second kappa shape index (κ2) is 7.58. The Morgan fingerprint density at radius 2 is 2.10 bits per heavy atom. The summed E-state index contributed by atoms with van der Waals surface area (Å²) in [5, 5.41) is 11.7. The Kier molecular flexibility index (Phi) is 6.10. The minimum Gasteiger partial charge on any atom is -0.480 e. The maximum atomic E-state index is 11.4. The van der Waals surface area contributed by atoms with E-state index < -0.39 is 23.9 Å². The summed E-state index contributed by atoms with van der Waals surface area (Å²) in [5.74, 6) is -2.26. The van der Waals surface area contributed by atoms with Crippen LogP contribution in [0, 0.1) is 6.92 Å². The first-order valence-electron chi connectivity index (χ1n) is 5.90. The molecule has 0 saturated carbocycles. The highest BCUT2D eigenvalue weighted by molar-refractivity contribution is 7.99. The molecule has 1 atom stereocenters. The Labute approximate surface area is 125 Å². The highest BCUT2D eigenvalue weighted by Gasteiger charge is 2.19. The molecule has 9 heteroatoms. The number of ether oxygens (including phenoxy) is 1. The van der Waals surface area contributed by atoms with Crippen LogP contribution < -0.4 is 5.32 Å². The number of nitrogens with zero attached hydrogens (tertiary/aromatic N) is 2. The predicted molar refractivity (Wildman–Crippen MR) is 74.1 cm³/mol. The van der Waals surface area contributed by atoms with Crippen molar-refractivity contribution in [3.8, 4) is 0 Å². The third-order valence-electron chi connectivity index (χ3n) is 2.27. The number of carbonyl (C=O) groups excluding carboxylic acids is 2. The largest absolute Gasteiger partial charge is 0.480 e. The molecule has 1 aromatic rings. The minimum atomic E-state index is -1.14. The zero-order valence-corrected chi connectivity index (χ0v) is 12.6. The number of aromatic nitrogens is 2. The van der Waals surface area contributed by atoms with Gasteiger partial charge in [0, 0.05) is 18.4 Å². The van der Waals surface area contributed by atoms with Crippen molar-refractivity contribution >= 4 is 29.6 Å². The minimum absolute atomic E-state index is 0.0754. The second-order valence-electron chi connectivity index (χ2n) is 4.07. The van der Waals surface area contributed by atoms with Crippen LogP contribution in [0.2, 0.25) is 0 Å². The Balaban J connectivity index is 2.82. The fourth-order valence-electron chi connectivity index (χ4n) is 1.38. The number of esters is 1. The molecule has 21 heavy (non-hydrogen) atoms. The molecule has 1 aromatic heterocycles. The van der Waals surface area contributed by atoms with Crippen LogP contribution in [0.15, 0.2) is 11.1 Å². The van der Waals surface area contributed by atoms with Gasteiger partial charge in [-0.25, -0.2) is 19.6 Å². The van der Waals surface area contributed by atoms with Crippen molar-refractivity contribution in [2.24, 2.45) is 0 Å². The van der Waals surface area contributed by atoms with Crippen molar-refractivity contribution in [2.45, 2.75) is 24.9 Å². The van der Waals surface area contributed by atoms with Crippen LogP contribution in [-0.2, 0) is 14.3 Å². The van der Waals surface area contributed by atoms with Gasteiger partial charge in [0.05, 0.1) is 7.11 Å². The molecule has 0 aliphatic heterocycles. The molecular formula is C12H15N3O5S. The summed E-state index contributed by atoms with van der Waals surface area (Å²) in [6.45, 7) is 2.92. The lowest BCUT2D eigenvalue weighted by molar-refractivity contribution is -0.140. The Morgan fingerprint density at radius 1 is 1.43 bits per heavy atom. The molecule has 1 amide bonds. The Bertz CT molecular complexity index is 564. The van der Waals surface area contributed by atoms with Crippen molar-refractivity contribution in [1.82, 2.24) is 15.3 Å². The number of rotatable bonds is 6. The van der Waals surface area contributed by atoms with E-state index in [0.29, 0.717) is 10.7 Å². The molecule has 114 valence electrons. The second-order valence-corrected chi connectivity index (χ2v) is 5.11. The van der Waals surface area contributed by atoms with Gasteiger partial charge in [-0.15, -0.1) is 11.8 Å². The lowest BCUT2D eigenvalue weighted by Crippen LogP contribution is -2.41. The first-order chi connectivity index (χ1) is 9.83. The zero-order chi connectivity index (χ0) is 16.0. The molecule has 1 rings (SSSR count). The number of thioether (sulfide) groups is 1. The molecule has 0 aliphatic carbocycles. The molecule has 0 bridgehead atoms. The topological polar surface area (TPSA) is 118 Å². The molecule has 8 nitrogen and oxygen atoms in total. The number of nitrogens with one attached hydrogen (secondary N) is 1. The van der Waals surface area contributed by atoms with Crippen LogP contribution in [0.4, 0.5) is 0 Å². The van der Waals surface area contributed by atoms with E-state index in [-0.39, 0.29) is 11.6 Å². The highest BCUT2D eigenvalue weighted by atomic mass is 32.2. The van der Waals surface area contributed by atoms with E-state index >= 15 is 0 Å². The molecule has 0 aromatic carbocycles. The van der Waals surface area contributed by atoms with Gasteiger partial charge in [0.25, 0.3) is 0 Å². The summed E-state index contributed by atoms with van der Waals surface area (Å²) in [7, 11) is 1.22. The van der Waals surface area contributed by atoms with E-state index in [2.05, 4.69) is 20.0 Å². The van der Waals surface area contributed by atoms with E-state index in [0.717, 1.165) is 11.8 Å². The van der Waals surface area contributed by atoms with Gasteiger partial charge in [-0.1, -0.05) is 0 Å². The molecule has 0 fully saturated rings. The van der Waals surface area contributed by atoms with E-state index in [9.17, 15) is 14.4 Å². The van der Waals surface area contributed by atoms with Gasteiger partial charge >= 0.3 is 11.9 Å². The number of carbonyl (C=O) groups is 3. The summed E-state index contributed by atoms with van der Waals surface area (Å²) in [5.41, 5.74) is 0.555. The molecule has 0 saturated heterocycles. The van der Waals surface area contributed by atoms with Gasteiger partial charge in [0.1, 0.15) is 11.1 Å². The molecule has 0 aliphatic rings. The number of hydrogen-bond donors (Lipinski definition) is 2. The first-order valence-corrected chi connectivity index (χ1v) is 6.88. The maximum Gasteiger partial charge on any atom is 0.376 e. The molecular weight excluding hydrogens is 298 g/mol. The van der Waals surface area contributed by atoms with Crippen LogP contribution in [-0.4, -0.2) is 51.8 Å². The standard InChI is InChI=1S/C12H15N3O5S/c1-6-4-9(15-10(13-6)12(19)20-3)21-5-8(11(17)18)14-7(2)16/h4,8H,5H2,1-3H3,(H,14,16)(H,17,18)/t8-/m0/s1. The normalized spacial score (nSPS) is 11.6. The monoisotopic (exact) mass is 313 g/mol. The van der Waals surface area contributed by atoms with Gasteiger partial charge in [-0.2, -0.15) is 0 Å². The fraction of sp³-hybridized carbons (Fsp3) is 0.417. The lowest BCUT2D eigenvalue weighted by atomic mass is 10.3. The zero-order valence-electron chi connectivity index (χ0n) is 11.7. The van der Waals surface area contributed by atoms with Crippen LogP contribution in [0.25, 0.3) is 0 Å². The van der Waals surface area contributed by atoms with E-state index in [1.165, 1.54) is 14.0 Å². The van der Waals surface area contributed by atoms with Gasteiger partial charge in [-0.3, -0.25) is 4.79 Å². The third kappa shape index (κ3) is 5.38. The number of carboxylic acid groups (broad SMARTS) is 1. The predicted octanol–water partition coefficient (Wildman–Crippen LogP) is 0.253. The Hall–Kier alpha value is -2.16. The Morgan fingerprint density at radius 3 is 2.62 bits per heavy atom. The quantitative estimate of drug-likeness (QED) is 0.436. The fourth-order valence-corrected chi connectivity index (χ4v) is 2.35. The van der Waals surface area contributed by atoms with Gasteiger partial charge < -0.3 is 15.2 Å².